The molecular formula is C27H36ClN3O. The van der Waals surface area contributed by atoms with Crippen LogP contribution in [0.4, 0.5) is 0 Å². The van der Waals surface area contributed by atoms with Crippen LogP contribution in [0.2, 0.25) is 5.02 Å². The first-order valence-corrected chi connectivity index (χ1v) is 12.3. The maximum absolute atomic E-state index is 6.49. The molecule has 4 rings (SSSR count). The van der Waals surface area contributed by atoms with Gasteiger partial charge in [0.2, 0.25) is 0 Å². The molecule has 0 bridgehead atoms. The summed E-state index contributed by atoms with van der Waals surface area (Å²) in [4.78, 5) is 5.02. The quantitative estimate of drug-likeness (QED) is 0.584. The lowest BCUT2D eigenvalue weighted by Crippen LogP contribution is -2.43. The Hall–Kier alpha value is -2.01. The molecule has 1 N–H and O–H groups in total. The number of hydrogen-bond donors (Lipinski definition) is 1. The van der Waals surface area contributed by atoms with E-state index in [1.54, 1.807) is 0 Å². The van der Waals surface area contributed by atoms with E-state index in [1.165, 1.54) is 29.7 Å². The maximum atomic E-state index is 6.49. The first-order valence-electron chi connectivity index (χ1n) is 11.9. The fourth-order valence-electron chi connectivity index (χ4n) is 4.63. The molecule has 0 radical (unpaired) electrons. The second kappa shape index (κ2) is 11.2. The van der Waals surface area contributed by atoms with Crippen molar-refractivity contribution >= 4 is 11.6 Å². The molecule has 5 heteroatoms. The monoisotopic (exact) mass is 453 g/mol. The molecule has 0 saturated carbocycles. The number of benzene rings is 2. The number of nitrogens with one attached hydrogen (secondary N) is 1. The van der Waals surface area contributed by atoms with Gasteiger partial charge in [0.15, 0.2) is 0 Å². The van der Waals surface area contributed by atoms with Gasteiger partial charge in [-0.1, -0.05) is 48.0 Å². The Morgan fingerprint density at radius 2 is 1.81 bits per heavy atom. The molecule has 0 atom stereocenters. The summed E-state index contributed by atoms with van der Waals surface area (Å²) in [6.07, 6.45) is 6.02. The van der Waals surface area contributed by atoms with Gasteiger partial charge in [-0.05, 0) is 81.4 Å². The maximum Gasteiger partial charge on any atom is 0.120 e. The molecule has 0 aromatic heterocycles. The van der Waals surface area contributed by atoms with E-state index in [-0.39, 0.29) is 6.10 Å². The van der Waals surface area contributed by atoms with Gasteiger partial charge in [0.25, 0.3) is 0 Å². The highest BCUT2D eigenvalue weighted by atomic mass is 35.5. The van der Waals surface area contributed by atoms with E-state index in [0.717, 1.165) is 56.6 Å². The first kappa shape index (κ1) is 23.2. The minimum atomic E-state index is 0.181. The topological polar surface area (TPSA) is 27.7 Å². The van der Waals surface area contributed by atoms with Gasteiger partial charge < -0.3 is 10.1 Å². The summed E-state index contributed by atoms with van der Waals surface area (Å²) < 4.78 is 5.86. The number of nitrogens with zero attached hydrogens (tertiary/aromatic N) is 2. The van der Waals surface area contributed by atoms with Crippen LogP contribution in [0.15, 0.2) is 60.3 Å². The third-order valence-corrected chi connectivity index (χ3v) is 6.74. The van der Waals surface area contributed by atoms with Gasteiger partial charge in [0.05, 0.1) is 12.8 Å². The average molecular weight is 454 g/mol. The SMILES string of the molecule is CC(C)Oc1ccc(Cl)c(CC2CCN(CC3=CCN(Cc4ccccc4)CN3)CC2)c1. The molecule has 0 unspecified atom stereocenters. The fraction of sp³-hybridized carbons (Fsp3) is 0.481. The molecule has 1 fully saturated rings. The van der Waals surface area contributed by atoms with Gasteiger partial charge >= 0.3 is 0 Å². The van der Waals surface area contributed by atoms with E-state index < -0.39 is 0 Å². The predicted octanol–water partition coefficient (Wildman–Crippen LogP) is 5.33. The van der Waals surface area contributed by atoms with Crippen LogP contribution >= 0.6 is 11.6 Å². The second-order valence-electron chi connectivity index (χ2n) is 9.40. The summed E-state index contributed by atoms with van der Waals surface area (Å²) in [5.41, 5.74) is 3.96. The molecule has 0 amide bonds. The number of piperidine rings is 1. The molecule has 2 heterocycles. The molecule has 4 nitrogen and oxygen atoms in total. The Morgan fingerprint density at radius 3 is 2.50 bits per heavy atom. The Bertz CT molecular complexity index is 891. The first-order chi connectivity index (χ1) is 15.5. The van der Waals surface area contributed by atoms with Gasteiger partial charge in [-0.25, -0.2) is 0 Å². The van der Waals surface area contributed by atoms with Crippen LogP contribution in [0.1, 0.15) is 37.8 Å². The highest BCUT2D eigenvalue weighted by Gasteiger charge is 2.22. The minimum absolute atomic E-state index is 0.181. The molecular weight excluding hydrogens is 418 g/mol. The molecule has 0 spiro atoms. The minimum Gasteiger partial charge on any atom is -0.491 e. The second-order valence-corrected chi connectivity index (χ2v) is 9.81. The van der Waals surface area contributed by atoms with Crippen molar-refractivity contribution in [2.24, 2.45) is 5.92 Å². The van der Waals surface area contributed by atoms with Crippen LogP contribution in [0.5, 0.6) is 5.75 Å². The number of likely N-dealkylation sites (tertiary alicyclic amines) is 1. The zero-order valence-corrected chi connectivity index (χ0v) is 20.2. The average Bonchev–Trinajstić information content (AvgIpc) is 2.79. The highest BCUT2D eigenvalue weighted by Crippen LogP contribution is 2.29. The summed E-state index contributed by atoms with van der Waals surface area (Å²) in [5.74, 6) is 1.61. The summed E-state index contributed by atoms with van der Waals surface area (Å²) in [7, 11) is 0. The molecule has 0 aliphatic carbocycles. The summed E-state index contributed by atoms with van der Waals surface area (Å²) in [6.45, 7) is 10.4. The van der Waals surface area contributed by atoms with Crippen molar-refractivity contribution in [3.8, 4) is 5.75 Å². The van der Waals surface area contributed by atoms with Gasteiger partial charge in [-0.2, -0.15) is 0 Å². The normalized spacial score (nSPS) is 18.4. The van der Waals surface area contributed by atoms with E-state index in [0.29, 0.717) is 5.92 Å². The smallest absolute Gasteiger partial charge is 0.120 e. The largest absolute Gasteiger partial charge is 0.491 e. The number of rotatable bonds is 8. The number of halogens is 1. The van der Waals surface area contributed by atoms with Crippen molar-refractivity contribution in [1.29, 1.82) is 0 Å². The van der Waals surface area contributed by atoms with Crippen LogP contribution in [-0.2, 0) is 13.0 Å². The van der Waals surface area contributed by atoms with E-state index in [9.17, 15) is 0 Å². The molecule has 172 valence electrons. The number of hydrogen-bond acceptors (Lipinski definition) is 4. The van der Waals surface area contributed by atoms with E-state index in [2.05, 4.69) is 71.4 Å². The van der Waals surface area contributed by atoms with Gasteiger partial charge in [-0.3, -0.25) is 9.80 Å². The van der Waals surface area contributed by atoms with Crippen molar-refractivity contribution < 1.29 is 4.74 Å². The third kappa shape index (κ3) is 6.74. The lowest BCUT2D eigenvalue weighted by atomic mass is 9.90. The molecule has 32 heavy (non-hydrogen) atoms. The zero-order chi connectivity index (χ0) is 22.3. The van der Waals surface area contributed by atoms with Crippen LogP contribution in [0, 0.1) is 5.92 Å². The molecule has 2 aliphatic heterocycles. The lowest BCUT2D eigenvalue weighted by molar-refractivity contribution is 0.187. The molecule has 2 aliphatic rings. The number of ether oxygens (including phenoxy) is 1. The molecule has 1 saturated heterocycles. The standard InChI is InChI=1S/C27H36ClN3O/c1-21(2)32-26-8-9-27(28)24(17-26)16-22-10-13-30(14-11-22)19-25-12-15-31(20-29-25)18-23-6-4-3-5-7-23/h3-9,12,17,21-22,29H,10-11,13-16,18-20H2,1-2H3. The Labute approximate surface area is 198 Å². The van der Waals surface area contributed by atoms with E-state index in [1.807, 2.05) is 12.1 Å². The van der Waals surface area contributed by atoms with Gasteiger partial charge in [0.1, 0.15) is 5.75 Å². The Morgan fingerprint density at radius 1 is 1.03 bits per heavy atom. The third-order valence-electron chi connectivity index (χ3n) is 6.37. The highest BCUT2D eigenvalue weighted by molar-refractivity contribution is 6.31. The van der Waals surface area contributed by atoms with E-state index in [4.69, 9.17) is 16.3 Å². The van der Waals surface area contributed by atoms with Gasteiger partial charge in [0, 0.05) is 30.4 Å². The van der Waals surface area contributed by atoms with Crippen LogP contribution in [0.25, 0.3) is 0 Å². The molecule has 2 aromatic carbocycles. The predicted molar refractivity (Wildman–Crippen MR) is 133 cm³/mol. The summed E-state index contributed by atoms with van der Waals surface area (Å²) in [5, 5.41) is 4.49. The van der Waals surface area contributed by atoms with Crippen molar-refractivity contribution in [2.45, 2.75) is 45.8 Å². The lowest BCUT2D eigenvalue weighted by Gasteiger charge is -2.35. The van der Waals surface area contributed by atoms with E-state index >= 15 is 0 Å². The fourth-order valence-corrected chi connectivity index (χ4v) is 4.82. The van der Waals surface area contributed by atoms with Crippen molar-refractivity contribution in [1.82, 2.24) is 15.1 Å². The Kier molecular flexibility index (Phi) is 8.12. The van der Waals surface area contributed by atoms with Gasteiger partial charge in [-0.15, -0.1) is 0 Å². The molecule has 2 aromatic rings. The van der Waals surface area contributed by atoms with Crippen LogP contribution in [-0.4, -0.2) is 48.8 Å². The van der Waals surface area contributed by atoms with Crippen molar-refractivity contribution in [2.75, 3.05) is 32.8 Å². The van der Waals surface area contributed by atoms with Crippen molar-refractivity contribution in [3.63, 3.8) is 0 Å². The zero-order valence-electron chi connectivity index (χ0n) is 19.4. The van der Waals surface area contributed by atoms with Crippen LogP contribution in [0.3, 0.4) is 0 Å². The summed E-state index contributed by atoms with van der Waals surface area (Å²) in [6, 6.07) is 16.8. The van der Waals surface area contributed by atoms with Crippen molar-refractivity contribution in [3.05, 3.63) is 76.5 Å². The Balaban J connectivity index is 1.22. The van der Waals surface area contributed by atoms with Crippen LogP contribution < -0.4 is 10.1 Å². The summed E-state index contributed by atoms with van der Waals surface area (Å²) >= 11 is 6.49.